The summed E-state index contributed by atoms with van der Waals surface area (Å²) in [6, 6.07) is 1.59. The molecular formula is C17H33N3O2. The predicted octanol–water partition coefficient (Wildman–Crippen LogP) is 2.51. The van der Waals surface area contributed by atoms with Gasteiger partial charge in [0.2, 0.25) is 0 Å². The third-order valence-corrected chi connectivity index (χ3v) is 4.59. The zero-order valence-electron chi connectivity index (χ0n) is 14.7. The third kappa shape index (κ3) is 5.76. The van der Waals surface area contributed by atoms with Crippen LogP contribution in [0.3, 0.4) is 0 Å². The van der Waals surface area contributed by atoms with E-state index in [4.69, 9.17) is 4.74 Å². The fraction of sp³-hybridized carbons (Fsp3) is 0.941. The van der Waals surface area contributed by atoms with Gasteiger partial charge in [0.25, 0.3) is 0 Å². The molecule has 2 aliphatic rings. The summed E-state index contributed by atoms with van der Waals surface area (Å²) in [5, 5.41) is 6.57. The van der Waals surface area contributed by atoms with Gasteiger partial charge in [0.15, 0.2) is 0 Å². The summed E-state index contributed by atoms with van der Waals surface area (Å²) in [5.41, 5.74) is -0.433. The standard InChI is InChI=1S/C17H33N3O2/c1-13(19-16(21)22-17(2,3)4)7-9-18-14-8-11-20-10-5-6-15(20)12-14/h13-15,18H,5-12H2,1-4H3,(H,19,21). The molecule has 0 aromatic heterocycles. The molecule has 0 aliphatic carbocycles. The molecule has 0 saturated carbocycles. The van der Waals surface area contributed by atoms with Crippen LogP contribution in [0.4, 0.5) is 4.79 Å². The maximum atomic E-state index is 11.7. The second-order valence-electron chi connectivity index (χ2n) is 7.84. The van der Waals surface area contributed by atoms with E-state index in [0.29, 0.717) is 6.04 Å². The van der Waals surface area contributed by atoms with Gasteiger partial charge in [-0.1, -0.05) is 0 Å². The lowest BCUT2D eigenvalue weighted by molar-refractivity contribution is 0.0506. The summed E-state index contributed by atoms with van der Waals surface area (Å²) in [6.45, 7) is 11.2. The highest BCUT2D eigenvalue weighted by Crippen LogP contribution is 2.26. The van der Waals surface area contributed by atoms with Crippen molar-refractivity contribution in [2.45, 2.75) is 83.5 Å². The van der Waals surface area contributed by atoms with Crippen molar-refractivity contribution in [3.8, 4) is 0 Å². The summed E-state index contributed by atoms with van der Waals surface area (Å²) in [4.78, 5) is 14.3. The van der Waals surface area contributed by atoms with Crippen LogP contribution < -0.4 is 10.6 Å². The van der Waals surface area contributed by atoms with Crippen molar-refractivity contribution >= 4 is 6.09 Å². The molecule has 5 nitrogen and oxygen atoms in total. The van der Waals surface area contributed by atoms with E-state index in [0.717, 1.165) is 19.0 Å². The highest BCUT2D eigenvalue weighted by atomic mass is 16.6. The van der Waals surface area contributed by atoms with E-state index in [2.05, 4.69) is 15.5 Å². The Balaban J connectivity index is 1.59. The van der Waals surface area contributed by atoms with Crippen molar-refractivity contribution in [3.05, 3.63) is 0 Å². The Morgan fingerprint density at radius 2 is 2.09 bits per heavy atom. The van der Waals surface area contributed by atoms with Crippen LogP contribution in [-0.4, -0.2) is 54.4 Å². The molecule has 22 heavy (non-hydrogen) atoms. The zero-order chi connectivity index (χ0) is 16.2. The average molecular weight is 311 g/mol. The Labute approximate surface area is 135 Å². The third-order valence-electron chi connectivity index (χ3n) is 4.59. The van der Waals surface area contributed by atoms with E-state index in [9.17, 15) is 4.79 Å². The molecule has 0 spiro atoms. The van der Waals surface area contributed by atoms with Crippen molar-refractivity contribution in [3.63, 3.8) is 0 Å². The smallest absolute Gasteiger partial charge is 0.407 e. The molecule has 2 fully saturated rings. The highest BCUT2D eigenvalue weighted by Gasteiger charge is 2.31. The minimum absolute atomic E-state index is 0.133. The first kappa shape index (κ1) is 17.5. The van der Waals surface area contributed by atoms with Gasteiger partial charge in [-0.3, -0.25) is 0 Å². The van der Waals surface area contributed by atoms with Crippen molar-refractivity contribution < 1.29 is 9.53 Å². The van der Waals surface area contributed by atoms with Crippen molar-refractivity contribution in [2.24, 2.45) is 0 Å². The number of carbonyl (C=O) groups is 1. The number of nitrogens with zero attached hydrogens (tertiary/aromatic N) is 1. The first-order chi connectivity index (χ1) is 10.3. The van der Waals surface area contributed by atoms with E-state index in [1.807, 2.05) is 27.7 Å². The number of ether oxygens (including phenoxy) is 1. The first-order valence-electron chi connectivity index (χ1n) is 8.80. The van der Waals surface area contributed by atoms with Crippen LogP contribution in [0.5, 0.6) is 0 Å². The average Bonchev–Trinajstić information content (AvgIpc) is 2.83. The van der Waals surface area contributed by atoms with Gasteiger partial charge in [-0.15, -0.1) is 0 Å². The topological polar surface area (TPSA) is 53.6 Å². The van der Waals surface area contributed by atoms with Crippen LogP contribution >= 0.6 is 0 Å². The monoisotopic (exact) mass is 311 g/mol. The molecule has 2 N–H and O–H groups in total. The van der Waals surface area contributed by atoms with E-state index in [1.165, 1.54) is 38.8 Å². The molecule has 3 unspecified atom stereocenters. The molecule has 2 saturated heterocycles. The number of carbonyl (C=O) groups excluding carboxylic acids is 1. The van der Waals surface area contributed by atoms with Crippen LogP contribution in [0, 0.1) is 0 Å². The van der Waals surface area contributed by atoms with Crippen molar-refractivity contribution in [1.29, 1.82) is 0 Å². The van der Waals surface area contributed by atoms with Gasteiger partial charge in [-0.05, 0) is 79.4 Å². The molecule has 3 atom stereocenters. The predicted molar refractivity (Wildman–Crippen MR) is 89.1 cm³/mol. The van der Waals surface area contributed by atoms with Gasteiger partial charge in [-0.25, -0.2) is 4.79 Å². The fourth-order valence-corrected chi connectivity index (χ4v) is 3.49. The van der Waals surface area contributed by atoms with Crippen molar-refractivity contribution in [1.82, 2.24) is 15.5 Å². The zero-order valence-corrected chi connectivity index (χ0v) is 14.7. The summed E-state index contributed by atoms with van der Waals surface area (Å²) in [7, 11) is 0. The van der Waals surface area contributed by atoms with Crippen LogP contribution in [0.1, 0.15) is 59.8 Å². The van der Waals surface area contributed by atoms with E-state index in [-0.39, 0.29) is 12.1 Å². The second kappa shape index (κ2) is 7.64. The molecular weight excluding hydrogens is 278 g/mol. The van der Waals surface area contributed by atoms with E-state index < -0.39 is 5.60 Å². The number of piperidine rings is 1. The SMILES string of the molecule is CC(CCNC1CCN2CCCC2C1)NC(=O)OC(C)(C)C. The lowest BCUT2D eigenvalue weighted by Crippen LogP contribution is -2.46. The Morgan fingerprint density at radius 1 is 1.32 bits per heavy atom. The van der Waals surface area contributed by atoms with E-state index in [1.54, 1.807) is 0 Å². The lowest BCUT2D eigenvalue weighted by atomic mass is 9.97. The molecule has 0 aromatic carbocycles. The van der Waals surface area contributed by atoms with Gasteiger partial charge in [0, 0.05) is 18.1 Å². The van der Waals surface area contributed by atoms with Gasteiger partial charge in [0.1, 0.15) is 5.60 Å². The Kier molecular flexibility index (Phi) is 6.09. The Hall–Kier alpha value is -0.810. The number of rotatable bonds is 5. The van der Waals surface area contributed by atoms with Crippen LogP contribution in [0.25, 0.3) is 0 Å². The molecule has 2 heterocycles. The molecule has 0 bridgehead atoms. The van der Waals surface area contributed by atoms with Crippen LogP contribution in [0.15, 0.2) is 0 Å². The van der Waals surface area contributed by atoms with Gasteiger partial charge >= 0.3 is 6.09 Å². The summed E-state index contributed by atoms with van der Waals surface area (Å²) in [6.07, 6.45) is 5.89. The fourth-order valence-electron chi connectivity index (χ4n) is 3.49. The maximum Gasteiger partial charge on any atom is 0.407 e. The number of amides is 1. The molecule has 0 aromatic rings. The molecule has 128 valence electrons. The summed E-state index contributed by atoms with van der Waals surface area (Å²) < 4.78 is 5.28. The van der Waals surface area contributed by atoms with Gasteiger partial charge in [-0.2, -0.15) is 0 Å². The number of alkyl carbamates (subject to hydrolysis) is 1. The van der Waals surface area contributed by atoms with E-state index >= 15 is 0 Å². The van der Waals surface area contributed by atoms with Crippen LogP contribution in [-0.2, 0) is 4.74 Å². The lowest BCUT2D eigenvalue weighted by Gasteiger charge is -2.35. The van der Waals surface area contributed by atoms with Gasteiger partial charge < -0.3 is 20.3 Å². The number of nitrogens with one attached hydrogen (secondary N) is 2. The summed E-state index contributed by atoms with van der Waals surface area (Å²) in [5.74, 6) is 0. The molecule has 5 heteroatoms. The second-order valence-corrected chi connectivity index (χ2v) is 7.84. The minimum Gasteiger partial charge on any atom is -0.444 e. The van der Waals surface area contributed by atoms with Gasteiger partial charge in [0.05, 0.1) is 0 Å². The quantitative estimate of drug-likeness (QED) is 0.819. The maximum absolute atomic E-state index is 11.7. The normalized spacial score (nSPS) is 27.3. The largest absolute Gasteiger partial charge is 0.444 e. The number of hydrogen-bond acceptors (Lipinski definition) is 4. The van der Waals surface area contributed by atoms with Crippen molar-refractivity contribution in [2.75, 3.05) is 19.6 Å². The minimum atomic E-state index is -0.433. The molecule has 1 amide bonds. The Bertz CT molecular complexity index is 367. The molecule has 0 radical (unpaired) electrons. The van der Waals surface area contributed by atoms with Crippen LogP contribution in [0.2, 0.25) is 0 Å². The highest BCUT2D eigenvalue weighted by molar-refractivity contribution is 5.67. The Morgan fingerprint density at radius 3 is 2.82 bits per heavy atom. The summed E-state index contributed by atoms with van der Waals surface area (Å²) >= 11 is 0. The number of hydrogen-bond donors (Lipinski definition) is 2. The first-order valence-corrected chi connectivity index (χ1v) is 8.80. The molecule has 2 aliphatic heterocycles. The number of fused-ring (bicyclic) bond motifs is 1. The molecule has 2 rings (SSSR count).